The van der Waals surface area contributed by atoms with Crippen LogP contribution >= 0.6 is 11.8 Å². The van der Waals surface area contributed by atoms with Crippen LogP contribution < -0.4 is 16.2 Å². The summed E-state index contributed by atoms with van der Waals surface area (Å²) >= 11 is 1.11. The molecule has 0 fully saturated rings. The zero-order valence-corrected chi connectivity index (χ0v) is 21.0. The van der Waals surface area contributed by atoms with Crippen molar-refractivity contribution in [2.75, 3.05) is 10.6 Å². The monoisotopic (exact) mass is 479 g/mol. The number of amides is 2. The molecule has 9 heteroatoms. The van der Waals surface area contributed by atoms with Crippen LogP contribution in [-0.4, -0.2) is 32.2 Å². The number of carbonyl (C=O) groups excluding carboxylic acids is 2. The van der Waals surface area contributed by atoms with E-state index >= 15 is 0 Å². The van der Waals surface area contributed by atoms with Gasteiger partial charge in [0.05, 0.1) is 10.9 Å². The number of nitrogens with one attached hydrogen (secondary N) is 3. The summed E-state index contributed by atoms with van der Waals surface area (Å²) in [6, 6.07) is 9.40. The van der Waals surface area contributed by atoms with Crippen LogP contribution in [0.1, 0.15) is 42.5 Å². The molecule has 0 saturated carbocycles. The Balaban J connectivity index is 1.80. The topological polar surface area (TPSA) is 117 Å². The average molecular weight is 480 g/mol. The second-order valence-corrected chi connectivity index (χ2v) is 9.61. The molecule has 0 unspecified atom stereocenters. The van der Waals surface area contributed by atoms with Gasteiger partial charge >= 0.3 is 0 Å². The van der Waals surface area contributed by atoms with Gasteiger partial charge in [-0.1, -0.05) is 48.0 Å². The summed E-state index contributed by atoms with van der Waals surface area (Å²) in [5.41, 5.74) is 5.45. The lowest BCUT2D eigenvalue weighted by atomic mass is 10.1. The fraction of sp³-hybridized carbons (Fsp3) is 0.320. The first-order valence-corrected chi connectivity index (χ1v) is 11.9. The van der Waals surface area contributed by atoms with Crippen LogP contribution in [0.5, 0.6) is 0 Å². The number of nitrogens with zero attached hydrogens (tertiary/aromatic N) is 2. The van der Waals surface area contributed by atoms with Crippen molar-refractivity contribution in [1.29, 1.82) is 0 Å². The van der Waals surface area contributed by atoms with Crippen LogP contribution in [0.2, 0.25) is 0 Å². The van der Waals surface area contributed by atoms with Crippen LogP contribution in [0, 0.1) is 27.7 Å². The summed E-state index contributed by atoms with van der Waals surface area (Å²) in [6.45, 7) is 11.3. The van der Waals surface area contributed by atoms with Crippen molar-refractivity contribution in [2.45, 2.75) is 58.4 Å². The highest BCUT2D eigenvalue weighted by Gasteiger charge is 2.20. The van der Waals surface area contributed by atoms with E-state index in [1.165, 1.54) is 0 Å². The second-order valence-electron chi connectivity index (χ2n) is 8.28. The zero-order valence-electron chi connectivity index (χ0n) is 20.2. The minimum absolute atomic E-state index is 0.0995. The van der Waals surface area contributed by atoms with Gasteiger partial charge in [0, 0.05) is 17.7 Å². The first-order chi connectivity index (χ1) is 16.1. The summed E-state index contributed by atoms with van der Waals surface area (Å²) in [6.07, 6.45) is 0.312. The zero-order chi connectivity index (χ0) is 25.0. The van der Waals surface area contributed by atoms with Gasteiger partial charge in [-0.3, -0.25) is 19.4 Å². The highest BCUT2D eigenvalue weighted by molar-refractivity contribution is 8.00. The van der Waals surface area contributed by atoms with Crippen molar-refractivity contribution >= 4 is 35.0 Å². The number of hydrogen-bond acceptors (Lipinski definition) is 6. The number of aromatic nitrogens is 3. The Hall–Kier alpha value is -3.46. The number of thioether (sulfide) groups is 1. The number of hydrogen-bond donors (Lipinski definition) is 3. The molecule has 1 atom stereocenters. The average Bonchev–Trinajstić information content (AvgIpc) is 2.77. The van der Waals surface area contributed by atoms with Crippen molar-refractivity contribution in [1.82, 2.24) is 15.2 Å². The summed E-state index contributed by atoms with van der Waals surface area (Å²) in [4.78, 5) is 40.2. The minimum atomic E-state index is -0.519. The van der Waals surface area contributed by atoms with Gasteiger partial charge in [0.1, 0.15) is 0 Å². The highest BCUT2D eigenvalue weighted by atomic mass is 32.2. The fourth-order valence-corrected chi connectivity index (χ4v) is 4.32. The summed E-state index contributed by atoms with van der Waals surface area (Å²) in [7, 11) is 0. The molecule has 0 bridgehead atoms. The molecule has 3 rings (SSSR count). The molecule has 34 heavy (non-hydrogen) atoms. The molecule has 0 aliphatic heterocycles. The number of H-pyrrole nitrogens is 1. The largest absolute Gasteiger partial charge is 0.325 e. The maximum absolute atomic E-state index is 12.8. The quantitative estimate of drug-likeness (QED) is 0.429. The smallest absolute Gasteiger partial charge is 0.278 e. The predicted molar refractivity (Wildman–Crippen MR) is 136 cm³/mol. The van der Waals surface area contributed by atoms with E-state index in [2.05, 4.69) is 25.8 Å². The second kappa shape index (κ2) is 10.6. The number of rotatable bonds is 7. The first-order valence-electron chi connectivity index (χ1n) is 11.0. The Morgan fingerprint density at radius 3 is 2.29 bits per heavy atom. The number of aryl methyl sites for hydroxylation is 4. The van der Waals surface area contributed by atoms with Gasteiger partial charge in [0.15, 0.2) is 10.9 Å². The third-order valence-electron chi connectivity index (χ3n) is 5.28. The Morgan fingerprint density at radius 1 is 1.00 bits per heavy atom. The third-order valence-corrected chi connectivity index (χ3v) is 6.26. The van der Waals surface area contributed by atoms with Gasteiger partial charge in [0.2, 0.25) is 11.8 Å². The molecule has 3 aromatic rings. The van der Waals surface area contributed by atoms with E-state index in [-0.39, 0.29) is 22.7 Å². The van der Waals surface area contributed by atoms with Gasteiger partial charge in [-0.05, 0) is 57.9 Å². The van der Waals surface area contributed by atoms with Gasteiger partial charge in [-0.25, -0.2) is 0 Å². The van der Waals surface area contributed by atoms with Gasteiger partial charge < -0.3 is 10.6 Å². The van der Waals surface area contributed by atoms with Crippen LogP contribution in [0.3, 0.4) is 0 Å². The molecular formula is C25H29N5O3S. The third kappa shape index (κ3) is 5.91. The Labute approximate surface area is 203 Å². The van der Waals surface area contributed by atoms with Crippen molar-refractivity contribution in [3.05, 3.63) is 62.9 Å². The van der Waals surface area contributed by atoms with E-state index in [1.807, 2.05) is 45.9 Å². The maximum atomic E-state index is 12.8. The maximum Gasteiger partial charge on any atom is 0.278 e. The fourth-order valence-electron chi connectivity index (χ4n) is 3.58. The molecule has 1 aromatic heterocycles. The first kappa shape index (κ1) is 25.2. The van der Waals surface area contributed by atoms with E-state index < -0.39 is 10.8 Å². The van der Waals surface area contributed by atoms with Crippen molar-refractivity contribution in [3.63, 3.8) is 0 Å². The number of carbonyl (C=O) groups is 2. The normalized spacial score (nSPS) is 11.7. The van der Waals surface area contributed by atoms with Crippen LogP contribution in [0.15, 0.2) is 40.3 Å². The van der Waals surface area contributed by atoms with E-state index in [4.69, 9.17) is 0 Å². The standard InChI is InChI=1S/C25H29N5O3S/c1-7-20(31)26-19-9-8-13(2)12-18(19)22-24(33)28-25(30-29-22)34-17(6)23(32)27-21-15(4)10-14(3)11-16(21)5/h8-12,17H,7H2,1-6H3,(H,26,31)(H,27,32)(H,28,30,33)/t17-/m0/s1. The summed E-state index contributed by atoms with van der Waals surface area (Å²) < 4.78 is 0. The molecule has 3 N–H and O–H groups in total. The Kier molecular flexibility index (Phi) is 7.88. The molecule has 0 spiro atoms. The number of aromatic amines is 1. The number of anilines is 2. The lowest BCUT2D eigenvalue weighted by Crippen LogP contribution is -2.24. The molecule has 0 aliphatic carbocycles. The van der Waals surface area contributed by atoms with Crippen molar-refractivity contribution in [3.8, 4) is 11.3 Å². The summed E-state index contributed by atoms with van der Waals surface area (Å²) in [5, 5.41) is 13.7. The van der Waals surface area contributed by atoms with Crippen LogP contribution in [-0.2, 0) is 9.59 Å². The number of benzene rings is 2. The van der Waals surface area contributed by atoms with Crippen molar-refractivity contribution < 1.29 is 9.59 Å². The molecule has 0 saturated heterocycles. The van der Waals surface area contributed by atoms with Crippen LogP contribution in [0.4, 0.5) is 11.4 Å². The molecule has 2 aromatic carbocycles. The van der Waals surface area contributed by atoms with Gasteiger partial charge in [-0.15, -0.1) is 10.2 Å². The van der Waals surface area contributed by atoms with E-state index in [0.717, 1.165) is 39.7 Å². The molecular weight excluding hydrogens is 450 g/mol. The van der Waals surface area contributed by atoms with E-state index in [1.54, 1.807) is 26.0 Å². The summed E-state index contributed by atoms with van der Waals surface area (Å²) in [5.74, 6) is -0.365. The highest BCUT2D eigenvalue weighted by Crippen LogP contribution is 2.27. The van der Waals surface area contributed by atoms with Crippen molar-refractivity contribution in [2.24, 2.45) is 0 Å². The molecule has 0 radical (unpaired) electrons. The van der Waals surface area contributed by atoms with Gasteiger partial charge in [-0.2, -0.15) is 0 Å². The minimum Gasteiger partial charge on any atom is -0.325 e. The van der Waals surface area contributed by atoms with E-state index in [9.17, 15) is 14.4 Å². The van der Waals surface area contributed by atoms with Crippen LogP contribution in [0.25, 0.3) is 11.3 Å². The molecule has 8 nitrogen and oxygen atoms in total. The molecule has 2 amide bonds. The predicted octanol–water partition coefficient (Wildman–Crippen LogP) is 4.53. The lowest BCUT2D eigenvalue weighted by Gasteiger charge is -2.16. The van der Waals surface area contributed by atoms with Gasteiger partial charge in [0.25, 0.3) is 5.56 Å². The lowest BCUT2D eigenvalue weighted by molar-refractivity contribution is -0.116. The Bertz CT molecular complexity index is 1280. The molecule has 178 valence electrons. The molecule has 0 aliphatic rings. The Morgan fingerprint density at radius 2 is 1.68 bits per heavy atom. The molecule has 1 heterocycles. The van der Waals surface area contributed by atoms with E-state index in [0.29, 0.717) is 17.7 Å². The SMILES string of the molecule is CCC(=O)Nc1ccc(C)cc1-c1nnc(S[C@@H](C)C(=O)Nc2c(C)cc(C)cc2C)[nH]c1=O.